The normalized spacial score (nSPS) is 10.9. The molecule has 3 aromatic rings. The summed E-state index contributed by atoms with van der Waals surface area (Å²) in [5.74, 6) is 0.958. The fourth-order valence-electron chi connectivity index (χ4n) is 2.30. The van der Waals surface area contributed by atoms with Gasteiger partial charge in [-0.05, 0) is 48.9 Å². The van der Waals surface area contributed by atoms with Crippen molar-refractivity contribution in [2.45, 2.75) is 24.7 Å². The molecule has 0 unspecified atom stereocenters. The van der Waals surface area contributed by atoms with Gasteiger partial charge in [0.25, 0.3) is 0 Å². The molecule has 3 nitrogen and oxygen atoms in total. The van der Waals surface area contributed by atoms with E-state index in [1.807, 2.05) is 18.2 Å². The molecular weight excluding hydrogens is 308 g/mol. The van der Waals surface area contributed by atoms with Crippen molar-refractivity contribution in [2.75, 3.05) is 6.61 Å². The highest BCUT2D eigenvalue weighted by Crippen LogP contribution is 2.26. The minimum atomic E-state index is -0.136. The third-order valence-electron chi connectivity index (χ3n) is 3.61. The van der Waals surface area contributed by atoms with Crippen LogP contribution in [0.25, 0.3) is 11.0 Å². The summed E-state index contributed by atoms with van der Waals surface area (Å²) in [5.41, 5.74) is 1.24. The third kappa shape index (κ3) is 3.59. The average molecular weight is 326 g/mol. The maximum Gasteiger partial charge on any atom is 0.228 e. The molecule has 0 fully saturated rings. The van der Waals surface area contributed by atoms with Crippen LogP contribution in [-0.4, -0.2) is 12.4 Å². The summed E-state index contributed by atoms with van der Waals surface area (Å²) < 4.78 is 11.4. The maximum absolute atomic E-state index is 12.5. The maximum atomic E-state index is 12.5. The van der Waals surface area contributed by atoms with Crippen molar-refractivity contribution < 1.29 is 13.9 Å². The summed E-state index contributed by atoms with van der Waals surface area (Å²) in [7, 11) is 0. The lowest BCUT2D eigenvalue weighted by Gasteiger charge is -2.04. The van der Waals surface area contributed by atoms with Crippen molar-refractivity contribution >= 4 is 29.4 Å². The van der Waals surface area contributed by atoms with Gasteiger partial charge in [-0.3, -0.25) is 4.79 Å². The molecular formula is C19H18O3S. The number of ketones is 1. The average Bonchev–Trinajstić information content (AvgIpc) is 2.98. The molecule has 0 N–H and O–H groups in total. The topological polar surface area (TPSA) is 39.4 Å². The Balaban J connectivity index is 1.84. The number of carbonyl (C=O) groups excluding carboxylic acids is 1. The van der Waals surface area contributed by atoms with E-state index < -0.39 is 0 Å². The Hall–Kier alpha value is -2.20. The molecule has 1 aromatic heterocycles. The molecule has 0 radical (unpaired) electrons. The zero-order valence-corrected chi connectivity index (χ0v) is 13.8. The van der Waals surface area contributed by atoms with E-state index in [-0.39, 0.29) is 5.78 Å². The van der Waals surface area contributed by atoms with Crippen LogP contribution in [0.5, 0.6) is 5.75 Å². The first kappa shape index (κ1) is 15.7. The number of thiol groups is 1. The highest BCUT2D eigenvalue weighted by atomic mass is 32.1. The molecule has 23 heavy (non-hydrogen) atoms. The van der Waals surface area contributed by atoms with Crippen LogP contribution in [-0.2, 0) is 0 Å². The number of carbonyl (C=O) groups is 1. The van der Waals surface area contributed by atoms with Crippen LogP contribution in [0, 0.1) is 0 Å². The minimum absolute atomic E-state index is 0.136. The number of fused-ring (bicyclic) bond motifs is 1. The number of rotatable bonds is 6. The second-order valence-electron chi connectivity index (χ2n) is 5.39. The predicted octanol–water partition coefficient (Wildman–Crippen LogP) is 5.13. The van der Waals surface area contributed by atoms with E-state index in [4.69, 9.17) is 9.15 Å². The predicted molar refractivity (Wildman–Crippen MR) is 93.7 cm³/mol. The lowest BCUT2D eigenvalue weighted by Crippen LogP contribution is -1.98. The number of hydrogen-bond acceptors (Lipinski definition) is 4. The van der Waals surface area contributed by atoms with Gasteiger partial charge in [0.15, 0.2) is 5.76 Å². The highest BCUT2D eigenvalue weighted by Gasteiger charge is 2.15. The van der Waals surface area contributed by atoms with Gasteiger partial charge in [0.2, 0.25) is 5.78 Å². The van der Waals surface area contributed by atoms with E-state index in [0.29, 0.717) is 23.5 Å². The quantitative estimate of drug-likeness (QED) is 0.388. The van der Waals surface area contributed by atoms with Crippen LogP contribution in [0.4, 0.5) is 0 Å². The molecule has 0 atom stereocenters. The van der Waals surface area contributed by atoms with E-state index in [9.17, 15) is 4.79 Å². The summed E-state index contributed by atoms with van der Waals surface area (Å²) >= 11 is 4.23. The van der Waals surface area contributed by atoms with Crippen molar-refractivity contribution in [3.05, 3.63) is 59.9 Å². The molecule has 0 saturated heterocycles. The van der Waals surface area contributed by atoms with Crippen LogP contribution in [0.3, 0.4) is 0 Å². The Morgan fingerprint density at radius 2 is 1.91 bits per heavy atom. The second kappa shape index (κ2) is 6.92. The van der Waals surface area contributed by atoms with Gasteiger partial charge in [-0.15, -0.1) is 12.6 Å². The van der Waals surface area contributed by atoms with Crippen LogP contribution in [0.2, 0.25) is 0 Å². The van der Waals surface area contributed by atoms with Crippen molar-refractivity contribution in [2.24, 2.45) is 0 Å². The summed E-state index contributed by atoms with van der Waals surface area (Å²) in [6, 6.07) is 14.5. The molecule has 0 aliphatic heterocycles. The Morgan fingerprint density at radius 1 is 1.13 bits per heavy atom. The van der Waals surface area contributed by atoms with Gasteiger partial charge in [0, 0.05) is 21.9 Å². The van der Waals surface area contributed by atoms with E-state index in [1.165, 1.54) is 0 Å². The Bertz CT molecular complexity index is 818. The second-order valence-corrected chi connectivity index (χ2v) is 5.90. The molecule has 0 amide bonds. The smallest absolute Gasteiger partial charge is 0.228 e. The first-order chi connectivity index (χ1) is 11.2. The van der Waals surface area contributed by atoms with Gasteiger partial charge in [0.05, 0.1) is 6.61 Å². The fourth-order valence-corrected chi connectivity index (χ4v) is 2.45. The summed E-state index contributed by atoms with van der Waals surface area (Å²) in [5, 5.41) is 0.891. The summed E-state index contributed by atoms with van der Waals surface area (Å²) in [6.07, 6.45) is 2.10. The van der Waals surface area contributed by atoms with E-state index >= 15 is 0 Å². The molecule has 4 heteroatoms. The van der Waals surface area contributed by atoms with Gasteiger partial charge >= 0.3 is 0 Å². The summed E-state index contributed by atoms with van der Waals surface area (Å²) in [4.78, 5) is 13.3. The SMILES string of the molecule is CCCCOc1ccc2cc(C(=O)c3ccc(S)cc3)oc2c1. The Labute approximate surface area is 140 Å². The van der Waals surface area contributed by atoms with Gasteiger partial charge in [-0.2, -0.15) is 0 Å². The largest absolute Gasteiger partial charge is 0.493 e. The standard InChI is InChI=1S/C19H18O3S/c1-2-3-10-21-15-7-4-14-11-18(22-17(14)12-15)19(20)13-5-8-16(23)9-6-13/h4-9,11-12,23H,2-3,10H2,1H3. The zero-order chi connectivity index (χ0) is 16.2. The Morgan fingerprint density at radius 3 is 2.65 bits per heavy atom. The minimum Gasteiger partial charge on any atom is -0.493 e. The van der Waals surface area contributed by atoms with Crippen LogP contribution in [0.1, 0.15) is 35.9 Å². The lowest BCUT2D eigenvalue weighted by molar-refractivity contribution is 0.101. The third-order valence-corrected chi connectivity index (χ3v) is 3.91. The molecule has 0 aliphatic rings. The monoisotopic (exact) mass is 326 g/mol. The highest BCUT2D eigenvalue weighted by molar-refractivity contribution is 7.80. The molecule has 118 valence electrons. The van der Waals surface area contributed by atoms with Crippen LogP contribution < -0.4 is 4.74 Å². The van der Waals surface area contributed by atoms with E-state index in [2.05, 4.69) is 19.6 Å². The van der Waals surface area contributed by atoms with Crippen molar-refractivity contribution in [1.82, 2.24) is 0 Å². The molecule has 0 spiro atoms. The molecule has 0 bridgehead atoms. The summed E-state index contributed by atoms with van der Waals surface area (Å²) in [6.45, 7) is 2.81. The van der Waals surface area contributed by atoms with Crippen LogP contribution in [0.15, 0.2) is 57.8 Å². The number of hydrogen-bond donors (Lipinski definition) is 1. The molecule has 3 rings (SSSR count). The number of furan rings is 1. The van der Waals surface area contributed by atoms with Gasteiger partial charge in [0.1, 0.15) is 11.3 Å². The molecule has 1 heterocycles. The number of benzene rings is 2. The molecule has 0 saturated carbocycles. The zero-order valence-electron chi connectivity index (χ0n) is 12.9. The first-order valence-corrected chi connectivity index (χ1v) is 8.12. The lowest BCUT2D eigenvalue weighted by atomic mass is 10.1. The van der Waals surface area contributed by atoms with Gasteiger partial charge < -0.3 is 9.15 Å². The van der Waals surface area contributed by atoms with E-state index in [0.717, 1.165) is 28.9 Å². The van der Waals surface area contributed by atoms with E-state index in [1.54, 1.807) is 30.3 Å². The fraction of sp³-hybridized carbons (Fsp3) is 0.211. The Kier molecular flexibility index (Phi) is 4.72. The number of ether oxygens (including phenoxy) is 1. The van der Waals surface area contributed by atoms with Gasteiger partial charge in [-0.25, -0.2) is 0 Å². The number of unbranched alkanes of at least 4 members (excludes halogenated alkanes) is 1. The van der Waals surface area contributed by atoms with Crippen molar-refractivity contribution in [3.8, 4) is 5.75 Å². The van der Waals surface area contributed by atoms with Crippen LogP contribution >= 0.6 is 12.6 Å². The molecule has 0 aliphatic carbocycles. The van der Waals surface area contributed by atoms with Crippen molar-refractivity contribution in [1.29, 1.82) is 0 Å². The van der Waals surface area contributed by atoms with Gasteiger partial charge in [-0.1, -0.05) is 13.3 Å². The van der Waals surface area contributed by atoms with Crippen molar-refractivity contribution in [3.63, 3.8) is 0 Å². The first-order valence-electron chi connectivity index (χ1n) is 7.67. The molecule has 2 aromatic carbocycles.